The maximum Gasteiger partial charge on any atom is 0.305 e. The number of nitrogens with one attached hydrogen (secondary N) is 1. The summed E-state index contributed by atoms with van der Waals surface area (Å²) in [4.78, 5) is 23.1. The molecule has 1 rings (SSSR count). The van der Waals surface area contributed by atoms with E-state index in [-0.39, 0.29) is 18.4 Å². The Bertz CT molecular complexity index is 447. The molecule has 0 aliphatic carbocycles. The van der Waals surface area contributed by atoms with Crippen LogP contribution in [0.1, 0.15) is 19.8 Å². The maximum atomic E-state index is 11.6. The molecule has 5 nitrogen and oxygen atoms in total. The van der Waals surface area contributed by atoms with Crippen molar-refractivity contribution >= 4 is 23.6 Å². The summed E-state index contributed by atoms with van der Waals surface area (Å²) in [6.07, 6.45) is 0.304. The Balaban J connectivity index is 2.25. The van der Waals surface area contributed by atoms with E-state index in [1.54, 1.807) is 25.8 Å². The van der Waals surface area contributed by atoms with Crippen LogP contribution in [-0.2, 0) is 9.59 Å². The Kier molecular flexibility index (Phi) is 6.93. The van der Waals surface area contributed by atoms with E-state index in [0.717, 1.165) is 10.6 Å². The van der Waals surface area contributed by atoms with Crippen molar-refractivity contribution in [2.75, 3.05) is 12.9 Å². The Morgan fingerprint density at radius 1 is 1.35 bits per heavy atom. The van der Waals surface area contributed by atoms with Crippen molar-refractivity contribution in [3.63, 3.8) is 0 Å². The molecule has 0 fully saturated rings. The highest BCUT2D eigenvalue weighted by Crippen LogP contribution is 2.21. The first kappa shape index (κ1) is 16.4. The van der Waals surface area contributed by atoms with Gasteiger partial charge in [0, 0.05) is 23.1 Å². The van der Waals surface area contributed by atoms with Gasteiger partial charge in [0.25, 0.3) is 0 Å². The second-order valence-electron chi connectivity index (χ2n) is 4.34. The zero-order chi connectivity index (χ0) is 15.0. The number of carbonyl (C=O) groups is 2. The number of rotatable bonds is 8. The molecule has 0 aliphatic heterocycles. The largest absolute Gasteiger partial charge is 0.497 e. The van der Waals surface area contributed by atoms with Gasteiger partial charge in [-0.05, 0) is 31.2 Å². The summed E-state index contributed by atoms with van der Waals surface area (Å²) in [6.45, 7) is 1.68. The molecule has 0 saturated carbocycles. The molecule has 1 atom stereocenters. The Morgan fingerprint density at radius 2 is 2.00 bits per heavy atom. The zero-order valence-corrected chi connectivity index (χ0v) is 12.4. The van der Waals surface area contributed by atoms with Crippen molar-refractivity contribution in [1.82, 2.24) is 5.32 Å². The average Bonchev–Trinajstić information content (AvgIpc) is 2.38. The summed E-state index contributed by atoms with van der Waals surface area (Å²) < 4.78 is 5.07. The lowest BCUT2D eigenvalue weighted by molar-refractivity contribution is -0.137. The van der Waals surface area contributed by atoms with Crippen molar-refractivity contribution < 1.29 is 19.4 Å². The molecular weight excluding hydrogens is 278 g/mol. The molecule has 0 spiro atoms. The highest BCUT2D eigenvalue weighted by atomic mass is 32.2. The van der Waals surface area contributed by atoms with Crippen LogP contribution in [0.15, 0.2) is 29.2 Å². The van der Waals surface area contributed by atoms with Crippen LogP contribution >= 0.6 is 11.8 Å². The van der Waals surface area contributed by atoms with Crippen LogP contribution in [0.25, 0.3) is 0 Å². The summed E-state index contributed by atoms with van der Waals surface area (Å²) in [7, 11) is 1.62. The fourth-order valence-corrected chi connectivity index (χ4v) is 2.45. The van der Waals surface area contributed by atoms with Crippen molar-refractivity contribution in [3.05, 3.63) is 24.3 Å². The molecule has 20 heavy (non-hydrogen) atoms. The van der Waals surface area contributed by atoms with Crippen molar-refractivity contribution in [2.24, 2.45) is 0 Å². The first-order chi connectivity index (χ1) is 9.51. The highest BCUT2D eigenvalue weighted by Gasteiger charge is 2.10. The number of carboxylic acid groups (broad SMARTS) is 1. The molecule has 0 bridgehead atoms. The van der Waals surface area contributed by atoms with Crippen molar-refractivity contribution in [2.45, 2.75) is 30.7 Å². The van der Waals surface area contributed by atoms with Gasteiger partial charge in [0.15, 0.2) is 0 Å². The van der Waals surface area contributed by atoms with E-state index in [9.17, 15) is 9.59 Å². The monoisotopic (exact) mass is 297 g/mol. The first-order valence-corrected chi connectivity index (χ1v) is 7.28. The van der Waals surface area contributed by atoms with Gasteiger partial charge in [-0.3, -0.25) is 9.59 Å². The van der Waals surface area contributed by atoms with E-state index in [2.05, 4.69) is 5.32 Å². The predicted molar refractivity (Wildman–Crippen MR) is 78.2 cm³/mol. The highest BCUT2D eigenvalue weighted by molar-refractivity contribution is 7.99. The lowest BCUT2D eigenvalue weighted by Crippen LogP contribution is -2.34. The Morgan fingerprint density at radius 3 is 2.55 bits per heavy atom. The van der Waals surface area contributed by atoms with E-state index < -0.39 is 5.97 Å². The number of carboxylic acids is 1. The van der Waals surface area contributed by atoms with Crippen molar-refractivity contribution in [1.29, 1.82) is 0 Å². The molecule has 1 amide bonds. The van der Waals surface area contributed by atoms with Gasteiger partial charge in [-0.1, -0.05) is 0 Å². The van der Waals surface area contributed by atoms with Gasteiger partial charge < -0.3 is 15.2 Å². The smallest absolute Gasteiger partial charge is 0.305 e. The van der Waals surface area contributed by atoms with E-state index in [0.29, 0.717) is 12.2 Å². The van der Waals surface area contributed by atoms with Gasteiger partial charge in [-0.25, -0.2) is 0 Å². The third-order valence-corrected chi connectivity index (χ3v) is 3.56. The molecule has 2 N–H and O–H groups in total. The van der Waals surface area contributed by atoms with Crippen molar-refractivity contribution in [3.8, 4) is 5.75 Å². The summed E-state index contributed by atoms with van der Waals surface area (Å²) >= 11 is 1.58. The van der Waals surface area contributed by atoms with Crippen LogP contribution in [0.5, 0.6) is 5.75 Å². The van der Waals surface area contributed by atoms with Crippen LogP contribution in [0.3, 0.4) is 0 Å². The summed E-state index contributed by atoms with van der Waals surface area (Å²) in [5.41, 5.74) is 0. The molecule has 0 radical (unpaired) electrons. The average molecular weight is 297 g/mol. The number of aliphatic carboxylic acids is 1. The van der Waals surface area contributed by atoms with E-state index >= 15 is 0 Å². The standard InChI is InChI=1S/C14H19NO4S/c1-10(9-14(17)18)15-13(16)7-8-20-12-5-3-11(19-2)4-6-12/h3-6,10H,7-9H2,1-2H3,(H,15,16)(H,17,18). The fourth-order valence-electron chi connectivity index (χ4n) is 1.59. The topological polar surface area (TPSA) is 75.6 Å². The predicted octanol–water partition coefficient (Wildman–Crippen LogP) is 2.16. The number of carbonyl (C=O) groups excluding carboxylic acids is 1. The molecule has 6 heteroatoms. The second kappa shape index (κ2) is 8.47. The molecule has 1 aromatic rings. The Labute approximate surface area is 122 Å². The van der Waals surface area contributed by atoms with Gasteiger partial charge in [-0.15, -0.1) is 11.8 Å². The number of ether oxygens (including phenoxy) is 1. The lowest BCUT2D eigenvalue weighted by atomic mass is 10.2. The minimum Gasteiger partial charge on any atom is -0.497 e. The number of amides is 1. The van der Waals surface area contributed by atoms with Gasteiger partial charge in [0.1, 0.15) is 5.75 Å². The van der Waals surface area contributed by atoms with E-state index in [1.807, 2.05) is 24.3 Å². The number of methoxy groups -OCH3 is 1. The normalized spacial score (nSPS) is 11.7. The molecule has 110 valence electrons. The molecule has 1 aromatic carbocycles. The van der Waals surface area contributed by atoms with Gasteiger partial charge in [0.2, 0.25) is 5.91 Å². The first-order valence-electron chi connectivity index (χ1n) is 6.29. The van der Waals surface area contributed by atoms with Crippen LogP contribution in [0, 0.1) is 0 Å². The number of hydrogen-bond acceptors (Lipinski definition) is 4. The number of hydrogen-bond donors (Lipinski definition) is 2. The molecule has 0 saturated heterocycles. The van der Waals surface area contributed by atoms with Crippen LogP contribution < -0.4 is 10.1 Å². The quantitative estimate of drug-likeness (QED) is 0.719. The summed E-state index contributed by atoms with van der Waals surface area (Å²) in [6, 6.07) is 7.28. The molecule has 0 aromatic heterocycles. The second-order valence-corrected chi connectivity index (χ2v) is 5.51. The van der Waals surface area contributed by atoms with E-state index in [4.69, 9.17) is 9.84 Å². The Hall–Kier alpha value is -1.69. The number of thioether (sulfide) groups is 1. The third kappa shape index (κ3) is 6.47. The van der Waals surface area contributed by atoms with E-state index in [1.165, 1.54) is 0 Å². The SMILES string of the molecule is COc1ccc(SCCC(=O)NC(C)CC(=O)O)cc1. The van der Waals surface area contributed by atoms with Crippen LogP contribution in [0.2, 0.25) is 0 Å². The van der Waals surface area contributed by atoms with Crippen LogP contribution in [-0.4, -0.2) is 35.9 Å². The number of benzene rings is 1. The summed E-state index contributed by atoms with van der Waals surface area (Å²) in [5, 5.41) is 11.3. The van der Waals surface area contributed by atoms with Gasteiger partial charge in [0.05, 0.1) is 13.5 Å². The molecule has 0 aliphatic rings. The molecular formula is C14H19NO4S. The van der Waals surface area contributed by atoms with Crippen LogP contribution in [0.4, 0.5) is 0 Å². The summed E-state index contributed by atoms with van der Waals surface area (Å²) in [5.74, 6) is 0.414. The molecule has 0 heterocycles. The third-order valence-electron chi connectivity index (χ3n) is 2.55. The maximum absolute atomic E-state index is 11.6. The minimum atomic E-state index is -0.912. The zero-order valence-electron chi connectivity index (χ0n) is 11.6. The molecule has 1 unspecified atom stereocenters. The lowest BCUT2D eigenvalue weighted by Gasteiger charge is -2.11. The minimum absolute atomic E-state index is 0.0582. The fraction of sp³-hybridized carbons (Fsp3) is 0.429. The van der Waals surface area contributed by atoms with Gasteiger partial charge >= 0.3 is 5.97 Å². The van der Waals surface area contributed by atoms with Gasteiger partial charge in [-0.2, -0.15) is 0 Å².